The number of benzene rings is 2. The van der Waals surface area contributed by atoms with E-state index in [1.54, 1.807) is 18.2 Å². The van der Waals surface area contributed by atoms with Crippen LogP contribution in [0.3, 0.4) is 0 Å². The SMILES string of the molecule is O=C(O)c1nn(-c2ccc(F)cc2)c2c1CS(=O)(=O)c1ccccc1-2. The Morgan fingerprint density at radius 2 is 1.80 bits per heavy atom. The second-order valence-electron chi connectivity index (χ2n) is 5.62. The van der Waals surface area contributed by atoms with Crippen LogP contribution in [0.5, 0.6) is 0 Å². The number of aromatic carboxylic acids is 1. The summed E-state index contributed by atoms with van der Waals surface area (Å²) in [5.74, 6) is -2.19. The molecule has 8 heteroatoms. The third-order valence-electron chi connectivity index (χ3n) is 4.07. The maximum absolute atomic E-state index is 13.2. The predicted molar refractivity (Wildman–Crippen MR) is 86.8 cm³/mol. The highest BCUT2D eigenvalue weighted by Gasteiger charge is 2.35. The van der Waals surface area contributed by atoms with Crippen LogP contribution < -0.4 is 0 Å². The van der Waals surface area contributed by atoms with Crippen LogP contribution in [0.2, 0.25) is 0 Å². The normalized spacial score (nSPS) is 14.6. The van der Waals surface area contributed by atoms with Gasteiger partial charge in [-0.2, -0.15) is 5.10 Å². The second-order valence-corrected chi connectivity index (χ2v) is 7.58. The zero-order valence-corrected chi connectivity index (χ0v) is 13.5. The second kappa shape index (κ2) is 5.25. The van der Waals surface area contributed by atoms with Crippen molar-refractivity contribution in [2.75, 3.05) is 0 Å². The minimum Gasteiger partial charge on any atom is -0.476 e. The lowest BCUT2D eigenvalue weighted by Crippen LogP contribution is -2.15. The molecule has 1 N–H and O–H groups in total. The first-order chi connectivity index (χ1) is 11.9. The van der Waals surface area contributed by atoms with Gasteiger partial charge in [-0.15, -0.1) is 0 Å². The fourth-order valence-corrected chi connectivity index (χ4v) is 4.60. The van der Waals surface area contributed by atoms with Gasteiger partial charge in [0.15, 0.2) is 15.5 Å². The summed E-state index contributed by atoms with van der Waals surface area (Å²) in [6.07, 6.45) is 0. The molecule has 4 rings (SSSR count). The molecule has 2 aromatic carbocycles. The zero-order valence-electron chi connectivity index (χ0n) is 12.7. The number of hydrogen-bond donors (Lipinski definition) is 1. The van der Waals surface area contributed by atoms with E-state index in [0.29, 0.717) is 16.9 Å². The summed E-state index contributed by atoms with van der Waals surface area (Å²) < 4.78 is 39.6. The molecule has 0 fully saturated rings. The third kappa shape index (κ3) is 2.33. The number of aromatic nitrogens is 2. The maximum atomic E-state index is 13.2. The van der Waals surface area contributed by atoms with Crippen molar-refractivity contribution in [3.05, 3.63) is 65.6 Å². The van der Waals surface area contributed by atoms with Gasteiger partial charge < -0.3 is 5.11 Å². The average molecular weight is 358 g/mol. The molecule has 25 heavy (non-hydrogen) atoms. The molecule has 0 spiro atoms. The van der Waals surface area contributed by atoms with E-state index in [4.69, 9.17) is 0 Å². The van der Waals surface area contributed by atoms with Crippen molar-refractivity contribution in [1.29, 1.82) is 0 Å². The number of nitrogens with zero attached hydrogens (tertiary/aromatic N) is 2. The van der Waals surface area contributed by atoms with E-state index >= 15 is 0 Å². The van der Waals surface area contributed by atoms with Crippen molar-refractivity contribution in [2.45, 2.75) is 10.6 Å². The smallest absolute Gasteiger partial charge is 0.356 e. The van der Waals surface area contributed by atoms with E-state index in [9.17, 15) is 22.7 Å². The molecule has 0 saturated carbocycles. The zero-order chi connectivity index (χ0) is 17.8. The molecule has 126 valence electrons. The lowest BCUT2D eigenvalue weighted by molar-refractivity contribution is 0.0689. The van der Waals surface area contributed by atoms with E-state index in [-0.39, 0.29) is 16.2 Å². The topological polar surface area (TPSA) is 89.3 Å². The summed E-state index contributed by atoms with van der Waals surface area (Å²) >= 11 is 0. The largest absolute Gasteiger partial charge is 0.476 e. The lowest BCUT2D eigenvalue weighted by Gasteiger charge is -2.18. The van der Waals surface area contributed by atoms with Gasteiger partial charge in [0.2, 0.25) is 0 Å². The van der Waals surface area contributed by atoms with Crippen molar-refractivity contribution >= 4 is 15.8 Å². The van der Waals surface area contributed by atoms with Gasteiger partial charge in [0.1, 0.15) is 5.82 Å². The molecule has 0 unspecified atom stereocenters. The Bertz CT molecular complexity index is 1120. The molecule has 6 nitrogen and oxygen atoms in total. The van der Waals surface area contributed by atoms with Crippen LogP contribution in [0.15, 0.2) is 53.4 Å². The van der Waals surface area contributed by atoms with E-state index in [2.05, 4.69) is 5.10 Å². The van der Waals surface area contributed by atoms with Gasteiger partial charge in [0.25, 0.3) is 0 Å². The van der Waals surface area contributed by atoms with Crippen molar-refractivity contribution in [1.82, 2.24) is 9.78 Å². The lowest BCUT2D eigenvalue weighted by atomic mass is 10.1. The number of fused-ring (bicyclic) bond motifs is 3. The van der Waals surface area contributed by atoms with Crippen molar-refractivity contribution in [3.63, 3.8) is 0 Å². The van der Waals surface area contributed by atoms with Crippen molar-refractivity contribution in [3.8, 4) is 16.9 Å². The maximum Gasteiger partial charge on any atom is 0.356 e. The van der Waals surface area contributed by atoms with E-state index in [0.717, 1.165) is 0 Å². The van der Waals surface area contributed by atoms with E-state index in [1.807, 2.05) is 0 Å². The molecule has 0 atom stereocenters. The van der Waals surface area contributed by atoms with Gasteiger partial charge in [-0.3, -0.25) is 0 Å². The van der Waals surface area contributed by atoms with Crippen LogP contribution in [0.1, 0.15) is 16.1 Å². The van der Waals surface area contributed by atoms with Crippen molar-refractivity contribution in [2.24, 2.45) is 0 Å². The molecule has 0 aliphatic carbocycles. The summed E-state index contributed by atoms with van der Waals surface area (Å²) in [6, 6.07) is 11.8. The molecule has 0 saturated heterocycles. The number of halogens is 1. The predicted octanol–water partition coefficient (Wildman–Crippen LogP) is 2.66. The number of carboxylic acid groups (broad SMARTS) is 1. The number of hydrogen-bond acceptors (Lipinski definition) is 4. The van der Waals surface area contributed by atoms with Gasteiger partial charge in [-0.25, -0.2) is 22.3 Å². The highest BCUT2D eigenvalue weighted by atomic mass is 32.2. The Hall–Kier alpha value is -3.00. The van der Waals surface area contributed by atoms with Gasteiger partial charge >= 0.3 is 5.97 Å². The minimum atomic E-state index is -3.66. The van der Waals surface area contributed by atoms with E-state index < -0.39 is 27.4 Å². The molecule has 2 heterocycles. The molecule has 0 radical (unpaired) electrons. The third-order valence-corrected chi connectivity index (χ3v) is 5.76. The molecule has 0 amide bonds. The van der Waals surface area contributed by atoms with Crippen LogP contribution >= 0.6 is 0 Å². The minimum absolute atomic E-state index is 0.128. The number of rotatable bonds is 2. The first-order valence-corrected chi connectivity index (χ1v) is 8.97. The number of carboxylic acids is 1. The fourth-order valence-electron chi connectivity index (χ4n) is 3.01. The number of carbonyl (C=O) groups is 1. The summed E-state index contributed by atoms with van der Waals surface area (Å²) in [5.41, 5.74) is 1.04. The van der Waals surface area contributed by atoms with E-state index in [1.165, 1.54) is 35.0 Å². The van der Waals surface area contributed by atoms with Crippen LogP contribution in [-0.4, -0.2) is 29.3 Å². The van der Waals surface area contributed by atoms with Crippen LogP contribution in [0, 0.1) is 5.82 Å². The molecule has 0 bridgehead atoms. The standard InChI is InChI=1S/C17H11FN2O4S/c18-10-5-7-11(8-6-10)20-16-12-3-1-2-4-14(12)25(23,24)9-13(16)15(19-20)17(21)22/h1-8H,9H2,(H,21,22). The molecule has 3 aromatic rings. The Balaban J connectivity index is 2.09. The number of sulfone groups is 1. The fraction of sp³-hybridized carbons (Fsp3) is 0.0588. The first-order valence-electron chi connectivity index (χ1n) is 7.32. The Morgan fingerprint density at radius 1 is 1.12 bits per heavy atom. The molecule has 1 aliphatic heterocycles. The summed E-state index contributed by atoms with van der Waals surface area (Å²) in [7, 11) is -3.66. The van der Waals surface area contributed by atoms with Crippen molar-refractivity contribution < 1.29 is 22.7 Å². The summed E-state index contributed by atoms with van der Waals surface area (Å²) in [5, 5.41) is 13.5. The molecular formula is C17H11FN2O4S. The molecule has 1 aromatic heterocycles. The highest BCUT2D eigenvalue weighted by Crippen LogP contribution is 2.40. The monoisotopic (exact) mass is 358 g/mol. The van der Waals surface area contributed by atoms with Crippen LogP contribution in [0.25, 0.3) is 16.9 Å². The first kappa shape index (κ1) is 15.5. The van der Waals surface area contributed by atoms with Crippen LogP contribution in [-0.2, 0) is 15.6 Å². The van der Waals surface area contributed by atoms with Crippen LogP contribution in [0.4, 0.5) is 4.39 Å². The Kier molecular flexibility index (Phi) is 3.26. The quantitative estimate of drug-likeness (QED) is 0.761. The molecular weight excluding hydrogens is 347 g/mol. The average Bonchev–Trinajstić information content (AvgIpc) is 2.94. The van der Waals surface area contributed by atoms with Gasteiger partial charge in [-0.05, 0) is 30.3 Å². The Labute approximate surface area is 142 Å². The Morgan fingerprint density at radius 3 is 2.48 bits per heavy atom. The summed E-state index contributed by atoms with van der Waals surface area (Å²) in [6.45, 7) is 0. The van der Waals surface area contributed by atoms with Gasteiger partial charge in [0.05, 0.1) is 22.0 Å². The highest BCUT2D eigenvalue weighted by molar-refractivity contribution is 7.90. The van der Waals surface area contributed by atoms with Gasteiger partial charge in [-0.1, -0.05) is 18.2 Å². The van der Waals surface area contributed by atoms with Gasteiger partial charge in [0, 0.05) is 11.1 Å². The molecule has 1 aliphatic rings. The summed E-state index contributed by atoms with van der Waals surface area (Å²) in [4.78, 5) is 11.7.